The summed E-state index contributed by atoms with van der Waals surface area (Å²) in [5.74, 6) is 0. The molecule has 0 saturated heterocycles. The standard InChI is InChI=1S/C20H33/c1-5-8-15-20(16-9-6-2,17-10-7-3)19-14-12-11-13-18(19)4/h11-14H,4-10,15-17H2,1-3H3. The van der Waals surface area contributed by atoms with Crippen LogP contribution >= 0.6 is 0 Å². The maximum absolute atomic E-state index is 4.31. The van der Waals surface area contributed by atoms with Crippen LogP contribution < -0.4 is 0 Å². The maximum Gasteiger partial charge on any atom is -0.00442 e. The van der Waals surface area contributed by atoms with Gasteiger partial charge in [-0.3, -0.25) is 0 Å². The van der Waals surface area contributed by atoms with Crippen LogP contribution in [-0.4, -0.2) is 0 Å². The monoisotopic (exact) mass is 273 g/mol. The van der Waals surface area contributed by atoms with E-state index in [1.165, 1.54) is 68.9 Å². The third kappa shape index (κ3) is 4.65. The Kier molecular flexibility index (Phi) is 7.95. The van der Waals surface area contributed by atoms with Crippen LogP contribution in [0.2, 0.25) is 0 Å². The van der Waals surface area contributed by atoms with Crippen molar-refractivity contribution in [2.45, 2.75) is 84.0 Å². The predicted molar refractivity (Wildman–Crippen MR) is 91.2 cm³/mol. The first-order chi connectivity index (χ1) is 9.70. The highest BCUT2D eigenvalue weighted by Gasteiger charge is 2.31. The third-order valence-corrected chi connectivity index (χ3v) is 4.62. The van der Waals surface area contributed by atoms with Crippen molar-refractivity contribution in [1.82, 2.24) is 0 Å². The fraction of sp³-hybridized carbons (Fsp3) is 0.650. The van der Waals surface area contributed by atoms with E-state index in [0.29, 0.717) is 5.41 Å². The van der Waals surface area contributed by atoms with Crippen LogP contribution in [0.1, 0.15) is 89.7 Å². The van der Waals surface area contributed by atoms with Crippen LogP contribution in [0.4, 0.5) is 0 Å². The lowest BCUT2D eigenvalue weighted by Gasteiger charge is -2.36. The van der Waals surface area contributed by atoms with Gasteiger partial charge < -0.3 is 0 Å². The Hall–Kier alpha value is -0.780. The van der Waals surface area contributed by atoms with Gasteiger partial charge in [-0.15, -0.1) is 0 Å². The van der Waals surface area contributed by atoms with Crippen LogP contribution in [0, 0.1) is 6.92 Å². The lowest BCUT2D eigenvalue weighted by molar-refractivity contribution is 0.308. The molecule has 0 aromatic heterocycles. The molecule has 0 unspecified atom stereocenters. The average Bonchev–Trinajstić information content (AvgIpc) is 2.48. The van der Waals surface area contributed by atoms with Crippen molar-refractivity contribution in [1.29, 1.82) is 0 Å². The van der Waals surface area contributed by atoms with Crippen LogP contribution in [0.5, 0.6) is 0 Å². The van der Waals surface area contributed by atoms with Gasteiger partial charge in [0.05, 0.1) is 0 Å². The van der Waals surface area contributed by atoms with E-state index in [9.17, 15) is 0 Å². The van der Waals surface area contributed by atoms with Gasteiger partial charge in [0.25, 0.3) is 0 Å². The van der Waals surface area contributed by atoms with Crippen LogP contribution in [0.25, 0.3) is 0 Å². The summed E-state index contributed by atoms with van der Waals surface area (Å²) >= 11 is 0. The number of rotatable bonds is 10. The van der Waals surface area contributed by atoms with Gasteiger partial charge in [-0.25, -0.2) is 0 Å². The average molecular weight is 273 g/mol. The van der Waals surface area contributed by atoms with Gasteiger partial charge in [0, 0.05) is 0 Å². The molecule has 0 fully saturated rings. The molecule has 20 heavy (non-hydrogen) atoms. The van der Waals surface area contributed by atoms with Crippen molar-refractivity contribution in [2.24, 2.45) is 0 Å². The van der Waals surface area contributed by atoms with Gasteiger partial charge in [-0.05, 0) is 42.7 Å². The van der Waals surface area contributed by atoms with Crippen molar-refractivity contribution in [2.75, 3.05) is 0 Å². The summed E-state index contributed by atoms with van der Waals surface area (Å²) in [7, 11) is 0. The summed E-state index contributed by atoms with van der Waals surface area (Å²) in [6, 6.07) is 8.84. The Morgan fingerprint density at radius 1 is 0.800 bits per heavy atom. The molecular weight excluding hydrogens is 240 g/mol. The van der Waals surface area contributed by atoms with Crippen LogP contribution in [-0.2, 0) is 5.41 Å². The molecule has 0 aliphatic carbocycles. The van der Waals surface area contributed by atoms with Crippen LogP contribution in [0.3, 0.4) is 0 Å². The van der Waals surface area contributed by atoms with E-state index >= 15 is 0 Å². The zero-order chi connectivity index (χ0) is 14.8. The molecule has 0 aliphatic heterocycles. The minimum Gasteiger partial charge on any atom is -0.0654 e. The molecule has 1 rings (SSSR count). The summed E-state index contributed by atoms with van der Waals surface area (Å²) in [6.45, 7) is 11.2. The molecule has 0 N–H and O–H groups in total. The number of benzene rings is 1. The molecule has 1 radical (unpaired) electrons. The minimum atomic E-state index is 0.375. The quantitative estimate of drug-likeness (QED) is 0.446. The first kappa shape index (κ1) is 17.3. The van der Waals surface area contributed by atoms with E-state index in [-0.39, 0.29) is 0 Å². The summed E-state index contributed by atoms with van der Waals surface area (Å²) < 4.78 is 0. The SMILES string of the molecule is [CH2]c1ccccc1C(CCCC)(CCCC)CCCC. The molecule has 0 bridgehead atoms. The Morgan fingerprint density at radius 3 is 1.65 bits per heavy atom. The minimum absolute atomic E-state index is 0.375. The highest BCUT2D eigenvalue weighted by molar-refractivity contribution is 5.36. The summed E-state index contributed by atoms with van der Waals surface area (Å²) in [6.07, 6.45) is 11.9. The van der Waals surface area contributed by atoms with E-state index in [1.807, 2.05) is 0 Å². The number of hydrogen-bond donors (Lipinski definition) is 0. The number of unbranched alkanes of at least 4 members (excludes halogenated alkanes) is 3. The van der Waals surface area contributed by atoms with E-state index in [0.717, 1.165) is 0 Å². The second-order valence-corrected chi connectivity index (χ2v) is 6.25. The molecule has 0 heteroatoms. The molecular formula is C20H33. The predicted octanol–water partition coefficient (Wildman–Crippen LogP) is 6.68. The topological polar surface area (TPSA) is 0 Å². The first-order valence-corrected chi connectivity index (χ1v) is 8.61. The van der Waals surface area contributed by atoms with Gasteiger partial charge in [0.1, 0.15) is 0 Å². The van der Waals surface area contributed by atoms with Gasteiger partial charge in [0.15, 0.2) is 0 Å². The second kappa shape index (κ2) is 9.21. The van der Waals surface area contributed by atoms with E-state index < -0.39 is 0 Å². The Labute approximate surface area is 127 Å². The molecule has 1 aromatic carbocycles. The van der Waals surface area contributed by atoms with E-state index in [4.69, 9.17) is 0 Å². The normalized spacial score (nSPS) is 11.8. The second-order valence-electron chi connectivity index (χ2n) is 6.25. The lowest BCUT2D eigenvalue weighted by atomic mass is 9.68. The Morgan fingerprint density at radius 2 is 1.25 bits per heavy atom. The summed E-state index contributed by atoms with van der Waals surface area (Å²) in [5, 5.41) is 0. The molecule has 0 heterocycles. The summed E-state index contributed by atoms with van der Waals surface area (Å²) in [5.41, 5.74) is 3.14. The Balaban J connectivity index is 3.08. The van der Waals surface area contributed by atoms with Gasteiger partial charge in [0.2, 0.25) is 0 Å². The van der Waals surface area contributed by atoms with Crippen molar-refractivity contribution in [3.05, 3.63) is 42.3 Å². The Bertz CT molecular complexity index is 342. The molecule has 0 spiro atoms. The molecule has 0 aliphatic rings. The van der Waals surface area contributed by atoms with Gasteiger partial charge in [-0.1, -0.05) is 83.6 Å². The van der Waals surface area contributed by atoms with Gasteiger partial charge in [-0.2, -0.15) is 0 Å². The fourth-order valence-corrected chi connectivity index (χ4v) is 3.36. The fourth-order valence-electron chi connectivity index (χ4n) is 3.36. The number of hydrogen-bond acceptors (Lipinski definition) is 0. The summed E-state index contributed by atoms with van der Waals surface area (Å²) in [4.78, 5) is 0. The van der Waals surface area contributed by atoms with Gasteiger partial charge >= 0.3 is 0 Å². The van der Waals surface area contributed by atoms with Crippen molar-refractivity contribution >= 4 is 0 Å². The van der Waals surface area contributed by atoms with E-state index in [1.54, 1.807) is 0 Å². The molecule has 0 atom stereocenters. The highest BCUT2D eigenvalue weighted by Crippen LogP contribution is 2.41. The van der Waals surface area contributed by atoms with Crippen molar-refractivity contribution in [3.8, 4) is 0 Å². The molecule has 0 saturated carbocycles. The van der Waals surface area contributed by atoms with Crippen molar-refractivity contribution < 1.29 is 0 Å². The lowest BCUT2D eigenvalue weighted by Crippen LogP contribution is -2.27. The van der Waals surface area contributed by atoms with Crippen LogP contribution in [0.15, 0.2) is 24.3 Å². The first-order valence-electron chi connectivity index (χ1n) is 8.61. The highest BCUT2D eigenvalue weighted by atomic mass is 14.4. The smallest absolute Gasteiger partial charge is 0.00442 e. The maximum atomic E-state index is 4.31. The zero-order valence-corrected chi connectivity index (χ0v) is 13.9. The molecule has 0 nitrogen and oxygen atoms in total. The third-order valence-electron chi connectivity index (χ3n) is 4.62. The van der Waals surface area contributed by atoms with Crippen molar-refractivity contribution in [3.63, 3.8) is 0 Å². The molecule has 0 amide bonds. The van der Waals surface area contributed by atoms with E-state index in [2.05, 4.69) is 52.0 Å². The molecule has 113 valence electrons. The zero-order valence-electron chi connectivity index (χ0n) is 13.9. The largest absolute Gasteiger partial charge is 0.0654 e. The molecule has 1 aromatic rings.